The van der Waals surface area contributed by atoms with Gasteiger partial charge in [-0.05, 0) is 227 Å². The number of piperidine rings is 2. The van der Waals surface area contributed by atoms with Crippen molar-refractivity contribution < 1.29 is 24.2 Å². The van der Waals surface area contributed by atoms with E-state index in [1.54, 1.807) is 16.8 Å². The minimum absolute atomic E-state index is 0.0376. The Kier molecular flexibility index (Phi) is 10.2. The van der Waals surface area contributed by atoms with Crippen molar-refractivity contribution in [3.63, 3.8) is 0 Å². The van der Waals surface area contributed by atoms with Crippen LogP contribution in [0.5, 0.6) is 0 Å². The summed E-state index contributed by atoms with van der Waals surface area (Å²) < 4.78 is 15.2. The van der Waals surface area contributed by atoms with Crippen LogP contribution in [0.4, 0.5) is 0 Å². The summed E-state index contributed by atoms with van der Waals surface area (Å²) in [7, 11) is 0. The minimum atomic E-state index is -1.18. The zero-order valence-corrected chi connectivity index (χ0v) is 49.5. The second kappa shape index (κ2) is 17.0. The van der Waals surface area contributed by atoms with Gasteiger partial charge in [-0.25, -0.2) is 4.79 Å². The number of nitrogens with zero attached hydrogens (tertiary/aromatic N) is 2. The smallest absolute Gasteiger partial charge is 0.339 e. The Bertz CT molecular complexity index is 3300. The molecule has 8 nitrogen and oxygen atoms in total. The lowest BCUT2D eigenvalue weighted by Crippen LogP contribution is -2.78. The second-order valence-corrected chi connectivity index (χ2v) is 32.6. The molecule has 1 aromatic carbocycles. The molecule has 20 rings (SSSR count). The summed E-state index contributed by atoms with van der Waals surface area (Å²) in [6.45, 7) is 2.78. The Morgan fingerprint density at radius 3 is 2.57 bits per heavy atom. The second-order valence-electron chi connectivity index (χ2n) is 32.6. The van der Waals surface area contributed by atoms with E-state index in [4.69, 9.17) is 15.2 Å². The fourth-order valence-corrected chi connectivity index (χ4v) is 29.2. The van der Waals surface area contributed by atoms with Crippen LogP contribution in [0.3, 0.4) is 0 Å². The quantitative estimate of drug-likeness (QED) is 0.175. The molecule has 0 radical (unpaired) electrons. The van der Waals surface area contributed by atoms with E-state index in [-0.39, 0.29) is 53.0 Å². The van der Waals surface area contributed by atoms with Gasteiger partial charge in [0.05, 0.1) is 11.0 Å². The molecule has 83 heavy (non-hydrogen) atoms. The first-order valence-corrected chi connectivity index (χ1v) is 35.2. The fourth-order valence-electron chi connectivity index (χ4n) is 29.2. The van der Waals surface area contributed by atoms with Crippen molar-refractivity contribution in [1.82, 2.24) is 9.80 Å². The van der Waals surface area contributed by atoms with E-state index in [2.05, 4.69) is 64.1 Å². The molecular formula is C75H91N3O5. The maximum Gasteiger partial charge on any atom is 0.339 e. The molecule has 6 spiro atoms. The van der Waals surface area contributed by atoms with Crippen LogP contribution in [-0.4, -0.2) is 64.6 Å². The number of allylic oxidation sites excluding steroid dienone is 6. The summed E-state index contributed by atoms with van der Waals surface area (Å²) in [5.41, 5.74) is 12.9. The van der Waals surface area contributed by atoms with Crippen LogP contribution in [0.15, 0.2) is 76.4 Å². The number of carbonyl (C=O) groups excluding carboxylic acids is 2. The van der Waals surface area contributed by atoms with Gasteiger partial charge in [0.1, 0.15) is 11.2 Å². The molecule has 21 atom stereocenters. The van der Waals surface area contributed by atoms with Crippen LogP contribution < -0.4 is 5.73 Å². The average Bonchev–Trinajstić information content (AvgIpc) is 1.55. The molecule has 1 aromatic rings. The van der Waals surface area contributed by atoms with E-state index >= 15 is 9.59 Å². The van der Waals surface area contributed by atoms with Gasteiger partial charge in [0.2, 0.25) is 0 Å². The van der Waals surface area contributed by atoms with Crippen LogP contribution in [0.1, 0.15) is 201 Å². The number of aliphatic hydroxyl groups excluding tert-OH is 1. The average molecular weight is 1110 g/mol. The number of esters is 2. The van der Waals surface area contributed by atoms with E-state index in [0.717, 1.165) is 56.3 Å². The topological polar surface area (TPSA) is 105 Å². The lowest BCUT2D eigenvalue weighted by atomic mass is 9.27. The SMILES string of the molecule is NCCCc1cccc2c1C(=O)OC21C2CC(C3CCCCC3)C=CC3C4=C5CCC16C(=C(O)CC1C7CC8(CCCC8)C8(CCCC89CCCC9C#CCC8C9CN%10C%11=C(CC%12CC=CC3C%12C5%11)CC3CCC9C(CN18)C3%10)C7)OC(=O)C426. The molecule has 10 fully saturated rings. The van der Waals surface area contributed by atoms with Gasteiger partial charge in [-0.2, -0.15) is 0 Å². The molecule has 3 saturated heterocycles. The number of hydrogen-bond acceptors (Lipinski definition) is 8. The molecule has 21 unspecified atom stereocenters. The van der Waals surface area contributed by atoms with Crippen molar-refractivity contribution in [2.24, 2.45) is 116 Å². The molecule has 7 saturated carbocycles. The lowest BCUT2D eigenvalue weighted by Gasteiger charge is -2.74. The highest BCUT2D eigenvalue weighted by molar-refractivity contribution is 6.00. The first-order chi connectivity index (χ1) is 40.7. The van der Waals surface area contributed by atoms with E-state index in [1.807, 2.05) is 0 Å². The molecule has 11 bridgehead atoms. The molecule has 12 aliphatic carbocycles. The summed E-state index contributed by atoms with van der Waals surface area (Å²) in [5.74, 6) is 14.4. The fraction of sp³-hybridized carbons (Fsp3) is 0.733. The van der Waals surface area contributed by atoms with Gasteiger partial charge in [-0.3, -0.25) is 9.69 Å². The monoisotopic (exact) mass is 1110 g/mol. The molecule has 7 aliphatic heterocycles. The third-order valence-electron chi connectivity index (χ3n) is 31.1. The van der Waals surface area contributed by atoms with Gasteiger partial charge in [0.15, 0.2) is 11.4 Å². The molecule has 436 valence electrons. The highest BCUT2D eigenvalue weighted by Gasteiger charge is 2.94. The highest BCUT2D eigenvalue weighted by atomic mass is 16.6. The lowest BCUT2D eigenvalue weighted by molar-refractivity contribution is -0.283. The van der Waals surface area contributed by atoms with Crippen molar-refractivity contribution in [3.05, 3.63) is 93.1 Å². The highest BCUT2D eigenvalue weighted by Crippen LogP contribution is 2.89. The van der Waals surface area contributed by atoms with Gasteiger partial charge in [-0.15, -0.1) is 5.92 Å². The number of carbonyl (C=O) groups is 2. The van der Waals surface area contributed by atoms with Gasteiger partial charge >= 0.3 is 11.9 Å². The first kappa shape index (κ1) is 50.0. The van der Waals surface area contributed by atoms with Crippen LogP contribution in [-0.2, 0) is 26.3 Å². The van der Waals surface area contributed by atoms with E-state index in [1.165, 1.54) is 140 Å². The summed E-state index contributed by atoms with van der Waals surface area (Å²) in [6.07, 6.45) is 44.2. The Morgan fingerprint density at radius 2 is 1.67 bits per heavy atom. The minimum Gasteiger partial charge on any atom is -0.509 e. The van der Waals surface area contributed by atoms with Gasteiger partial charge in [-0.1, -0.05) is 98.9 Å². The Labute approximate surface area is 493 Å². The van der Waals surface area contributed by atoms with Crippen LogP contribution >= 0.6 is 0 Å². The van der Waals surface area contributed by atoms with Gasteiger partial charge < -0.3 is 25.2 Å². The molecule has 0 amide bonds. The number of benzene rings is 1. The zero-order chi connectivity index (χ0) is 54.7. The zero-order valence-electron chi connectivity index (χ0n) is 49.5. The number of ether oxygens (including phenoxy) is 2. The number of aryl methyl sites for hydroxylation is 1. The Balaban J connectivity index is 0.877. The summed E-state index contributed by atoms with van der Waals surface area (Å²) in [6, 6.07) is 7.50. The largest absolute Gasteiger partial charge is 0.509 e. The maximum absolute atomic E-state index is 17.1. The molecule has 3 N–H and O–H groups in total. The van der Waals surface area contributed by atoms with Crippen molar-refractivity contribution in [3.8, 4) is 11.8 Å². The van der Waals surface area contributed by atoms with E-state index in [0.29, 0.717) is 119 Å². The van der Waals surface area contributed by atoms with Crippen molar-refractivity contribution in [1.29, 1.82) is 0 Å². The number of hydrogen-bond donors (Lipinski definition) is 2. The maximum atomic E-state index is 17.1. The molecule has 8 heteroatoms. The summed E-state index contributed by atoms with van der Waals surface area (Å²) >= 11 is 0. The molecule has 7 heterocycles. The van der Waals surface area contributed by atoms with Crippen molar-refractivity contribution in [2.75, 3.05) is 19.6 Å². The number of rotatable bonds is 4. The van der Waals surface area contributed by atoms with Gasteiger partial charge in [0.25, 0.3) is 0 Å². The van der Waals surface area contributed by atoms with Gasteiger partial charge in [0, 0.05) is 79.0 Å². The van der Waals surface area contributed by atoms with E-state index in [9.17, 15) is 5.11 Å². The van der Waals surface area contributed by atoms with Crippen molar-refractivity contribution in [2.45, 2.75) is 210 Å². The predicted molar refractivity (Wildman–Crippen MR) is 317 cm³/mol. The molecule has 19 aliphatic rings. The van der Waals surface area contributed by atoms with Crippen LogP contribution in [0, 0.1) is 122 Å². The van der Waals surface area contributed by atoms with E-state index < -0.39 is 16.4 Å². The normalized spacial score (nSPS) is 50.0. The first-order valence-electron chi connectivity index (χ1n) is 35.2. The Hall–Kier alpha value is -4.06. The summed E-state index contributed by atoms with van der Waals surface area (Å²) in [4.78, 5) is 39.1. The standard InChI is InChI=1S/C75H91N3O5/c76-33-10-16-43-14-7-20-56-62(43)68(80)83-75(56)60-36-44(42-12-2-1-3-13-42)22-25-52-51-19-6-15-45-34-47-35-46-23-24-50-54-40-78-65(46)55(50)41-77-57(54)21-8-17-49-18-9-29-71(49)30-11-31-72(71)39-48(38-70(72)27-4-5-28-70)58(77)37-59(79)67-73(75)32-26-53(63(61(45)51)66(47)78)64(52)74(60,73)69(81)82-67/h6-7,14,19-20,22,25,42,44-46,48-52,54-55,57-58,60-61,63,65,79H,1-5,9-13,15-16,18,21,23-24,26-41,76H2. The van der Waals surface area contributed by atoms with Crippen LogP contribution in [0.2, 0.25) is 0 Å². The predicted octanol–water partition coefficient (Wildman–Crippen LogP) is 14.0. The number of nitrogens with two attached hydrogens (primary N) is 1. The Morgan fingerprint density at radius 1 is 0.795 bits per heavy atom. The molecule has 0 aromatic heterocycles. The third-order valence-corrected chi connectivity index (χ3v) is 31.1. The number of aliphatic hydroxyl groups is 1. The van der Waals surface area contributed by atoms with Crippen LogP contribution in [0.25, 0.3) is 0 Å². The third kappa shape index (κ3) is 5.61. The number of fused-ring (bicyclic) bond motifs is 8. The van der Waals surface area contributed by atoms with Crippen molar-refractivity contribution >= 4 is 11.9 Å². The molecular weight excluding hydrogens is 1020 g/mol. The summed E-state index contributed by atoms with van der Waals surface area (Å²) in [5, 5.41) is 14.5.